The zero-order chi connectivity index (χ0) is 22.6. The van der Waals surface area contributed by atoms with E-state index in [1.54, 1.807) is 42.5 Å². The minimum Gasteiger partial charge on any atom is -0.497 e. The Balaban J connectivity index is 2.07. The lowest BCUT2D eigenvalue weighted by atomic mass is 10.2. The topological polar surface area (TPSA) is 106 Å². The summed E-state index contributed by atoms with van der Waals surface area (Å²) in [5.41, 5.74) is 4.08. The largest absolute Gasteiger partial charge is 0.497 e. The van der Waals surface area contributed by atoms with Gasteiger partial charge in [-0.05, 0) is 51.8 Å². The molecule has 0 aliphatic rings. The van der Waals surface area contributed by atoms with Crippen molar-refractivity contribution in [1.82, 2.24) is 9.97 Å². The van der Waals surface area contributed by atoms with E-state index in [1.165, 1.54) is 20.4 Å². The highest BCUT2D eigenvalue weighted by molar-refractivity contribution is 9.10. The summed E-state index contributed by atoms with van der Waals surface area (Å²) in [5, 5.41) is 3.13. The van der Waals surface area contributed by atoms with Gasteiger partial charge in [0.2, 0.25) is 15.3 Å². The molecule has 0 saturated heterocycles. The highest BCUT2D eigenvalue weighted by Crippen LogP contribution is 2.35. The number of methoxy groups -OCH3 is 2. The van der Waals surface area contributed by atoms with E-state index >= 15 is 0 Å². The van der Waals surface area contributed by atoms with Crippen molar-refractivity contribution < 1.29 is 17.9 Å². The number of hydrogen-bond donors (Lipinski definition) is 2. The van der Waals surface area contributed by atoms with E-state index in [4.69, 9.17) is 21.1 Å². The molecule has 0 amide bonds. The lowest BCUT2D eigenvalue weighted by Crippen LogP contribution is -2.36. The summed E-state index contributed by atoms with van der Waals surface area (Å²) in [4.78, 5) is 8.03. The Hall–Kier alpha value is -2.76. The van der Waals surface area contributed by atoms with Crippen molar-refractivity contribution in [2.75, 3.05) is 35.6 Å². The van der Waals surface area contributed by atoms with Crippen LogP contribution in [0.5, 0.6) is 11.5 Å². The molecular formula is C19H19BrClN5O4S. The Kier molecular flexibility index (Phi) is 7.08. The number of nitrogens with one attached hydrogen (secondary N) is 2. The maximum Gasteiger partial charge on any atom is 0.249 e. The van der Waals surface area contributed by atoms with Crippen LogP contribution in [0.4, 0.5) is 22.9 Å². The predicted molar refractivity (Wildman–Crippen MR) is 125 cm³/mol. The van der Waals surface area contributed by atoms with Gasteiger partial charge < -0.3 is 14.8 Å². The van der Waals surface area contributed by atoms with E-state index < -0.39 is 10.0 Å². The first-order valence-corrected chi connectivity index (χ1v) is 11.8. The zero-order valence-corrected chi connectivity index (χ0v) is 19.9. The second kappa shape index (κ2) is 9.58. The molecule has 3 rings (SSSR count). The van der Waals surface area contributed by atoms with Crippen LogP contribution in [0.25, 0.3) is 0 Å². The third-order valence-electron chi connectivity index (χ3n) is 4.05. The van der Waals surface area contributed by atoms with Crippen molar-refractivity contribution >= 4 is 60.4 Å². The van der Waals surface area contributed by atoms with Crippen LogP contribution in [0, 0.1) is 0 Å². The second-order valence-corrected chi connectivity index (χ2v) is 9.21. The average molecular weight is 529 g/mol. The standard InChI is InChI=1S/C19H19BrClN5O4S/c1-29-12-8-9-17(30-2)15(10-12)25-26(31(3,27)28)16-7-5-4-6-14(16)23-18-13(20)11-22-19(21)24-18/h4-11,25H,1-3H3,(H,22,23,24). The third-order valence-corrected chi connectivity index (χ3v) is 5.76. The van der Waals surface area contributed by atoms with Crippen LogP contribution in [0.2, 0.25) is 5.28 Å². The van der Waals surface area contributed by atoms with Gasteiger partial charge in [-0.3, -0.25) is 5.43 Å². The molecule has 1 aromatic heterocycles. The molecule has 9 nitrogen and oxygen atoms in total. The monoisotopic (exact) mass is 527 g/mol. The van der Waals surface area contributed by atoms with Crippen LogP contribution < -0.4 is 24.6 Å². The summed E-state index contributed by atoms with van der Waals surface area (Å²) in [6.45, 7) is 0. The quantitative estimate of drug-likeness (QED) is 0.326. The molecule has 2 aromatic carbocycles. The minimum absolute atomic E-state index is 0.0439. The summed E-state index contributed by atoms with van der Waals surface area (Å²) in [5.74, 6) is 1.34. The summed E-state index contributed by atoms with van der Waals surface area (Å²) in [6.07, 6.45) is 2.58. The number of anilines is 4. The van der Waals surface area contributed by atoms with E-state index in [0.29, 0.717) is 38.9 Å². The number of halogens is 2. The maximum absolute atomic E-state index is 12.7. The summed E-state index contributed by atoms with van der Waals surface area (Å²) < 4.78 is 37.6. The Labute approximate surface area is 193 Å². The molecule has 0 atom stereocenters. The molecule has 0 spiro atoms. The van der Waals surface area contributed by atoms with Gasteiger partial charge in [-0.2, -0.15) is 9.40 Å². The number of nitrogens with zero attached hydrogens (tertiary/aromatic N) is 3. The van der Waals surface area contributed by atoms with Gasteiger partial charge in [0, 0.05) is 12.3 Å². The van der Waals surface area contributed by atoms with Crippen LogP contribution in [0.1, 0.15) is 0 Å². The van der Waals surface area contributed by atoms with E-state index in [2.05, 4.69) is 36.6 Å². The zero-order valence-electron chi connectivity index (χ0n) is 16.8. The smallest absolute Gasteiger partial charge is 0.249 e. The number of ether oxygens (including phenoxy) is 2. The van der Waals surface area contributed by atoms with Crippen molar-refractivity contribution in [3.05, 3.63) is 58.4 Å². The predicted octanol–water partition coefficient (Wildman–Crippen LogP) is 4.45. The molecule has 0 bridgehead atoms. The number of sulfonamides is 1. The highest BCUT2D eigenvalue weighted by Gasteiger charge is 2.23. The molecule has 0 saturated carbocycles. The van der Waals surface area contributed by atoms with E-state index in [9.17, 15) is 8.42 Å². The van der Waals surface area contributed by atoms with Crippen molar-refractivity contribution in [3.8, 4) is 11.5 Å². The lowest BCUT2D eigenvalue weighted by Gasteiger charge is -2.27. The molecule has 0 radical (unpaired) electrons. The lowest BCUT2D eigenvalue weighted by molar-refractivity contribution is 0.404. The molecule has 0 fully saturated rings. The normalized spacial score (nSPS) is 11.0. The first kappa shape index (κ1) is 22.9. The van der Waals surface area contributed by atoms with E-state index in [-0.39, 0.29) is 5.28 Å². The molecule has 0 aliphatic heterocycles. The third kappa shape index (κ3) is 5.49. The van der Waals surface area contributed by atoms with Gasteiger partial charge in [-0.1, -0.05) is 12.1 Å². The Morgan fingerprint density at radius 3 is 2.52 bits per heavy atom. The Morgan fingerprint density at radius 2 is 1.84 bits per heavy atom. The van der Waals surface area contributed by atoms with Crippen LogP contribution in [0.15, 0.2) is 53.1 Å². The summed E-state index contributed by atoms with van der Waals surface area (Å²) in [7, 11) is -0.771. The minimum atomic E-state index is -3.78. The first-order valence-electron chi connectivity index (χ1n) is 8.76. The van der Waals surface area contributed by atoms with Crippen LogP contribution in [0.3, 0.4) is 0 Å². The number of rotatable bonds is 8. The average Bonchev–Trinajstić information content (AvgIpc) is 2.74. The Bertz CT molecular complexity index is 1200. The van der Waals surface area contributed by atoms with Crippen LogP contribution in [-0.4, -0.2) is 38.9 Å². The SMILES string of the molecule is COc1ccc(OC)c(NN(c2ccccc2Nc2nc(Cl)ncc2Br)S(C)(=O)=O)c1. The van der Waals surface area contributed by atoms with Gasteiger partial charge in [-0.15, -0.1) is 0 Å². The van der Waals surface area contributed by atoms with Gasteiger partial charge >= 0.3 is 0 Å². The van der Waals surface area contributed by atoms with Crippen LogP contribution in [-0.2, 0) is 10.0 Å². The number of aromatic nitrogens is 2. The summed E-state index contributed by atoms with van der Waals surface area (Å²) >= 11 is 9.25. The molecule has 31 heavy (non-hydrogen) atoms. The Morgan fingerprint density at radius 1 is 1.10 bits per heavy atom. The fourth-order valence-electron chi connectivity index (χ4n) is 2.65. The highest BCUT2D eigenvalue weighted by atomic mass is 79.9. The molecule has 0 aliphatic carbocycles. The molecule has 3 aromatic rings. The van der Waals surface area contributed by atoms with Gasteiger partial charge in [0.15, 0.2) is 0 Å². The van der Waals surface area contributed by atoms with Crippen LogP contribution >= 0.6 is 27.5 Å². The van der Waals surface area contributed by atoms with Gasteiger partial charge in [0.25, 0.3) is 0 Å². The maximum atomic E-state index is 12.7. The van der Waals surface area contributed by atoms with Crippen molar-refractivity contribution in [3.63, 3.8) is 0 Å². The van der Waals surface area contributed by atoms with Gasteiger partial charge in [0.05, 0.1) is 36.3 Å². The van der Waals surface area contributed by atoms with E-state index in [0.717, 1.165) is 10.7 Å². The number of para-hydroxylation sites is 2. The molecule has 164 valence electrons. The van der Waals surface area contributed by atoms with Crippen molar-refractivity contribution in [2.24, 2.45) is 0 Å². The van der Waals surface area contributed by atoms with E-state index in [1.807, 2.05) is 0 Å². The number of benzene rings is 2. The molecule has 1 heterocycles. The second-order valence-electron chi connectivity index (χ2n) is 6.18. The number of hydrogen-bond acceptors (Lipinski definition) is 8. The van der Waals surface area contributed by atoms with Gasteiger partial charge in [0.1, 0.15) is 23.0 Å². The molecule has 0 unspecified atom stereocenters. The molecular weight excluding hydrogens is 510 g/mol. The first-order chi connectivity index (χ1) is 14.7. The van der Waals surface area contributed by atoms with Crippen molar-refractivity contribution in [2.45, 2.75) is 0 Å². The number of hydrazine groups is 1. The summed E-state index contributed by atoms with van der Waals surface area (Å²) in [6, 6.07) is 11.8. The molecule has 12 heteroatoms. The fourth-order valence-corrected chi connectivity index (χ4v) is 3.85. The van der Waals surface area contributed by atoms with Crippen molar-refractivity contribution in [1.29, 1.82) is 0 Å². The fraction of sp³-hybridized carbons (Fsp3) is 0.158. The van der Waals surface area contributed by atoms with Gasteiger partial charge in [-0.25, -0.2) is 13.4 Å². The molecule has 2 N–H and O–H groups in total.